The van der Waals surface area contributed by atoms with Gasteiger partial charge < -0.3 is 14.4 Å². The molecular weight excluding hydrogens is 350 g/mol. The largest absolute Gasteiger partial charge is 0.353 e. The zero-order chi connectivity index (χ0) is 20.8. The summed E-state index contributed by atoms with van der Waals surface area (Å²) in [5, 5.41) is 0. The second kappa shape index (κ2) is 9.58. The standard InChI is InChI=1S/C23H33N3O2/c1-17(2)14-25(15-21-8-7-13-24(21)6)22(27)16-26(18(3)4)23(28)20-11-9-19(5)10-12-20/h7-13,17-18H,14-16H2,1-6H3. The highest BCUT2D eigenvalue weighted by Crippen LogP contribution is 2.13. The average molecular weight is 384 g/mol. The Labute approximate surface area is 168 Å². The molecule has 1 aromatic carbocycles. The molecule has 0 saturated carbocycles. The van der Waals surface area contributed by atoms with E-state index in [-0.39, 0.29) is 24.4 Å². The van der Waals surface area contributed by atoms with Gasteiger partial charge in [0.25, 0.3) is 5.91 Å². The van der Waals surface area contributed by atoms with E-state index in [0.717, 1.165) is 11.3 Å². The van der Waals surface area contributed by atoms with Crippen molar-refractivity contribution in [3.8, 4) is 0 Å². The van der Waals surface area contributed by atoms with Crippen molar-refractivity contribution in [1.82, 2.24) is 14.4 Å². The Hall–Kier alpha value is -2.56. The number of aromatic nitrogens is 1. The molecule has 0 aliphatic carbocycles. The number of aryl methyl sites for hydroxylation is 2. The van der Waals surface area contributed by atoms with Gasteiger partial charge in [0.1, 0.15) is 6.54 Å². The van der Waals surface area contributed by atoms with Gasteiger partial charge in [0.15, 0.2) is 0 Å². The van der Waals surface area contributed by atoms with Crippen molar-refractivity contribution < 1.29 is 9.59 Å². The molecule has 0 aliphatic rings. The molecule has 2 amide bonds. The van der Waals surface area contributed by atoms with Crippen LogP contribution in [-0.4, -0.2) is 45.3 Å². The molecule has 0 spiro atoms. The predicted octanol–water partition coefficient (Wildman–Crippen LogP) is 3.87. The van der Waals surface area contributed by atoms with Gasteiger partial charge in [-0.15, -0.1) is 0 Å². The van der Waals surface area contributed by atoms with E-state index in [4.69, 9.17) is 0 Å². The summed E-state index contributed by atoms with van der Waals surface area (Å²) in [5.41, 5.74) is 2.80. The Morgan fingerprint density at radius 1 is 1.04 bits per heavy atom. The summed E-state index contributed by atoms with van der Waals surface area (Å²) >= 11 is 0. The summed E-state index contributed by atoms with van der Waals surface area (Å²) in [6.45, 7) is 11.4. The minimum atomic E-state index is -0.105. The summed E-state index contributed by atoms with van der Waals surface area (Å²) in [6.07, 6.45) is 1.98. The van der Waals surface area contributed by atoms with Crippen molar-refractivity contribution in [2.75, 3.05) is 13.1 Å². The molecule has 0 fully saturated rings. The maximum Gasteiger partial charge on any atom is 0.254 e. The van der Waals surface area contributed by atoms with Gasteiger partial charge in [-0.25, -0.2) is 0 Å². The lowest BCUT2D eigenvalue weighted by Gasteiger charge is -2.31. The Kier molecular flexibility index (Phi) is 7.44. The minimum Gasteiger partial charge on any atom is -0.353 e. The zero-order valence-corrected chi connectivity index (χ0v) is 18.0. The van der Waals surface area contributed by atoms with E-state index < -0.39 is 0 Å². The Morgan fingerprint density at radius 3 is 2.18 bits per heavy atom. The molecule has 2 aromatic rings. The van der Waals surface area contributed by atoms with E-state index in [0.29, 0.717) is 24.6 Å². The number of hydrogen-bond donors (Lipinski definition) is 0. The molecule has 152 valence electrons. The van der Waals surface area contributed by atoms with Crippen LogP contribution in [0.25, 0.3) is 0 Å². The monoisotopic (exact) mass is 383 g/mol. The smallest absolute Gasteiger partial charge is 0.254 e. The van der Waals surface area contributed by atoms with Crippen LogP contribution in [0.2, 0.25) is 0 Å². The molecule has 2 rings (SSSR count). The molecular formula is C23H33N3O2. The van der Waals surface area contributed by atoms with Gasteiger partial charge in [0, 0.05) is 37.1 Å². The molecule has 0 radical (unpaired) electrons. The molecule has 0 bridgehead atoms. The fourth-order valence-corrected chi connectivity index (χ4v) is 3.15. The van der Waals surface area contributed by atoms with Crippen LogP contribution in [0.5, 0.6) is 0 Å². The van der Waals surface area contributed by atoms with Crippen molar-refractivity contribution in [1.29, 1.82) is 0 Å². The Bertz CT molecular complexity index is 790. The van der Waals surface area contributed by atoms with E-state index in [1.54, 1.807) is 4.90 Å². The first-order valence-electron chi connectivity index (χ1n) is 9.94. The topological polar surface area (TPSA) is 45.6 Å². The minimum absolute atomic E-state index is 0.0240. The van der Waals surface area contributed by atoms with Crippen molar-refractivity contribution in [3.05, 3.63) is 59.4 Å². The lowest BCUT2D eigenvalue weighted by Crippen LogP contribution is -2.46. The molecule has 0 aliphatic heterocycles. The highest BCUT2D eigenvalue weighted by molar-refractivity contribution is 5.96. The lowest BCUT2D eigenvalue weighted by atomic mass is 10.1. The average Bonchev–Trinajstić information content (AvgIpc) is 3.03. The van der Waals surface area contributed by atoms with E-state index in [2.05, 4.69) is 13.8 Å². The van der Waals surface area contributed by atoms with Gasteiger partial charge in [-0.1, -0.05) is 31.5 Å². The first-order chi connectivity index (χ1) is 13.2. The first-order valence-corrected chi connectivity index (χ1v) is 9.94. The molecule has 0 atom stereocenters. The highest BCUT2D eigenvalue weighted by Gasteiger charge is 2.25. The van der Waals surface area contributed by atoms with E-state index in [1.807, 2.05) is 79.9 Å². The van der Waals surface area contributed by atoms with Crippen LogP contribution < -0.4 is 0 Å². The third-order valence-electron chi connectivity index (χ3n) is 4.83. The second-order valence-electron chi connectivity index (χ2n) is 8.17. The third-order valence-corrected chi connectivity index (χ3v) is 4.83. The summed E-state index contributed by atoms with van der Waals surface area (Å²) in [6, 6.07) is 11.4. The van der Waals surface area contributed by atoms with Gasteiger partial charge >= 0.3 is 0 Å². The first kappa shape index (κ1) is 21.7. The van der Waals surface area contributed by atoms with Crippen molar-refractivity contribution in [2.45, 2.75) is 47.2 Å². The van der Waals surface area contributed by atoms with Gasteiger partial charge in [-0.3, -0.25) is 9.59 Å². The molecule has 1 heterocycles. The molecule has 1 aromatic heterocycles. The quantitative estimate of drug-likeness (QED) is 0.695. The van der Waals surface area contributed by atoms with E-state index in [9.17, 15) is 9.59 Å². The number of nitrogens with zero attached hydrogens (tertiary/aromatic N) is 3. The molecule has 0 unspecified atom stereocenters. The summed E-state index contributed by atoms with van der Waals surface area (Å²) in [7, 11) is 1.98. The number of hydrogen-bond acceptors (Lipinski definition) is 2. The normalized spacial score (nSPS) is 11.1. The lowest BCUT2D eigenvalue weighted by molar-refractivity contribution is -0.133. The second-order valence-corrected chi connectivity index (χ2v) is 8.17. The maximum atomic E-state index is 13.1. The number of benzene rings is 1. The van der Waals surface area contributed by atoms with Crippen LogP contribution in [0.15, 0.2) is 42.6 Å². The number of rotatable bonds is 8. The summed E-state index contributed by atoms with van der Waals surface area (Å²) < 4.78 is 2.03. The highest BCUT2D eigenvalue weighted by atomic mass is 16.2. The Balaban J connectivity index is 2.18. The van der Waals surface area contributed by atoms with Crippen LogP contribution in [0.1, 0.15) is 49.3 Å². The van der Waals surface area contributed by atoms with Gasteiger partial charge in [0.05, 0.1) is 6.54 Å². The van der Waals surface area contributed by atoms with Crippen LogP contribution in [0.3, 0.4) is 0 Å². The van der Waals surface area contributed by atoms with Gasteiger partial charge in [0.2, 0.25) is 5.91 Å². The third kappa shape index (κ3) is 5.72. The maximum absolute atomic E-state index is 13.1. The summed E-state index contributed by atoms with van der Waals surface area (Å²) in [5.74, 6) is 0.222. The number of carbonyl (C=O) groups excluding carboxylic acids is 2. The molecule has 0 saturated heterocycles. The Morgan fingerprint density at radius 2 is 1.68 bits per heavy atom. The van der Waals surface area contributed by atoms with Crippen LogP contribution >= 0.6 is 0 Å². The molecule has 5 nitrogen and oxygen atoms in total. The van der Waals surface area contributed by atoms with Crippen LogP contribution in [0.4, 0.5) is 0 Å². The van der Waals surface area contributed by atoms with E-state index in [1.165, 1.54) is 0 Å². The zero-order valence-electron chi connectivity index (χ0n) is 18.0. The SMILES string of the molecule is Cc1ccc(C(=O)N(CC(=O)N(Cc2cccn2C)CC(C)C)C(C)C)cc1. The number of amides is 2. The predicted molar refractivity (Wildman–Crippen MR) is 113 cm³/mol. The van der Waals surface area contributed by atoms with Crippen molar-refractivity contribution in [3.63, 3.8) is 0 Å². The molecule has 28 heavy (non-hydrogen) atoms. The van der Waals surface area contributed by atoms with Crippen LogP contribution in [-0.2, 0) is 18.4 Å². The van der Waals surface area contributed by atoms with Gasteiger partial charge in [-0.05, 0) is 51.0 Å². The fourth-order valence-electron chi connectivity index (χ4n) is 3.15. The number of carbonyl (C=O) groups is 2. The molecule has 0 N–H and O–H groups in total. The fraction of sp³-hybridized carbons (Fsp3) is 0.478. The summed E-state index contributed by atoms with van der Waals surface area (Å²) in [4.78, 5) is 29.7. The molecule has 5 heteroatoms. The van der Waals surface area contributed by atoms with Crippen molar-refractivity contribution >= 4 is 11.8 Å². The van der Waals surface area contributed by atoms with E-state index >= 15 is 0 Å². The van der Waals surface area contributed by atoms with Crippen molar-refractivity contribution in [2.24, 2.45) is 13.0 Å². The van der Waals surface area contributed by atoms with Gasteiger partial charge in [-0.2, -0.15) is 0 Å². The van der Waals surface area contributed by atoms with Crippen LogP contribution in [0, 0.1) is 12.8 Å².